The molecular formula is C69H135NO5. The Labute approximate surface area is 469 Å². The van der Waals surface area contributed by atoms with Crippen molar-refractivity contribution in [2.45, 2.75) is 405 Å². The van der Waals surface area contributed by atoms with Crippen LogP contribution in [0.5, 0.6) is 0 Å². The summed E-state index contributed by atoms with van der Waals surface area (Å²) in [7, 11) is 0. The Morgan fingerprint density at radius 2 is 0.613 bits per heavy atom. The fourth-order valence-electron chi connectivity index (χ4n) is 11.1. The molecule has 0 aliphatic rings. The van der Waals surface area contributed by atoms with E-state index in [9.17, 15) is 19.8 Å². The minimum atomic E-state index is -0.849. The molecule has 0 aliphatic heterocycles. The van der Waals surface area contributed by atoms with Gasteiger partial charge in [0.1, 0.15) is 0 Å². The Morgan fingerprint density at radius 1 is 0.360 bits per heavy atom. The van der Waals surface area contributed by atoms with E-state index in [0.29, 0.717) is 19.4 Å². The quantitative estimate of drug-likeness (QED) is 0.0320. The van der Waals surface area contributed by atoms with Gasteiger partial charge in [0.25, 0.3) is 0 Å². The molecule has 3 N–H and O–H groups in total. The number of rotatable bonds is 65. The predicted octanol–water partition coefficient (Wildman–Crippen LogP) is 22.0. The molecule has 0 saturated carbocycles. The molecule has 0 aliphatic carbocycles. The normalized spacial score (nSPS) is 12.5. The van der Waals surface area contributed by atoms with Gasteiger partial charge in [-0.25, -0.2) is 0 Å². The molecule has 0 aromatic heterocycles. The highest BCUT2D eigenvalue weighted by Gasteiger charge is 2.18. The van der Waals surface area contributed by atoms with Crippen LogP contribution in [0.4, 0.5) is 0 Å². The first-order valence-corrected chi connectivity index (χ1v) is 34.5. The summed E-state index contributed by atoms with van der Waals surface area (Å²) in [4.78, 5) is 24.6. The monoisotopic (exact) mass is 1060 g/mol. The predicted molar refractivity (Wildman–Crippen MR) is 329 cm³/mol. The first kappa shape index (κ1) is 73.6. The number of carbonyl (C=O) groups is 2. The van der Waals surface area contributed by atoms with Gasteiger partial charge in [-0.05, 0) is 32.1 Å². The molecule has 446 valence electrons. The van der Waals surface area contributed by atoms with E-state index in [4.69, 9.17) is 4.74 Å². The number of aliphatic hydroxyl groups is 2. The van der Waals surface area contributed by atoms with Gasteiger partial charge in [0.15, 0.2) is 0 Å². The van der Waals surface area contributed by atoms with Crippen molar-refractivity contribution in [2.24, 2.45) is 0 Å². The molecule has 0 fully saturated rings. The maximum absolute atomic E-state index is 12.5. The lowest BCUT2D eigenvalue weighted by atomic mass is 10.0. The summed E-state index contributed by atoms with van der Waals surface area (Å²) >= 11 is 0. The third-order valence-corrected chi connectivity index (χ3v) is 16.3. The van der Waals surface area contributed by atoms with Crippen LogP contribution in [-0.2, 0) is 14.3 Å². The van der Waals surface area contributed by atoms with Crippen molar-refractivity contribution in [1.82, 2.24) is 5.32 Å². The van der Waals surface area contributed by atoms with E-state index in [2.05, 4.69) is 19.2 Å². The van der Waals surface area contributed by atoms with Gasteiger partial charge in [0, 0.05) is 12.8 Å². The number of hydrogen-bond acceptors (Lipinski definition) is 5. The minimum Gasteiger partial charge on any atom is -0.466 e. The van der Waals surface area contributed by atoms with Gasteiger partial charge in [0.2, 0.25) is 5.91 Å². The van der Waals surface area contributed by atoms with Crippen molar-refractivity contribution >= 4 is 11.9 Å². The third-order valence-electron chi connectivity index (χ3n) is 16.3. The van der Waals surface area contributed by atoms with Crippen molar-refractivity contribution in [3.8, 4) is 0 Å². The Bertz CT molecular complexity index is 1130. The van der Waals surface area contributed by atoms with Crippen LogP contribution in [0.2, 0.25) is 0 Å². The molecule has 1 amide bonds. The van der Waals surface area contributed by atoms with Gasteiger partial charge < -0.3 is 20.3 Å². The molecule has 6 heteroatoms. The maximum atomic E-state index is 12.5. The van der Waals surface area contributed by atoms with E-state index in [1.165, 1.54) is 327 Å². The molecule has 0 radical (unpaired) electrons. The fourth-order valence-corrected chi connectivity index (χ4v) is 11.1. The molecule has 2 atom stereocenters. The van der Waals surface area contributed by atoms with Gasteiger partial charge in [0.05, 0.1) is 25.4 Å². The Balaban J connectivity index is 3.41. The van der Waals surface area contributed by atoms with E-state index in [-0.39, 0.29) is 18.5 Å². The number of unbranched alkanes of at least 4 members (excludes halogenated alkanes) is 54. The smallest absolute Gasteiger partial charge is 0.305 e. The molecule has 0 heterocycles. The van der Waals surface area contributed by atoms with Crippen LogP contribution in [-0.4, -0.2) is 47.4 Å². The number of nitrogens with one attached hydrogen (secondary N) is 1. The Hall–Kier alpha value is -1.40. The Kier molecular flexibility index (Phi) is 63.9. The van der Waals surface area contributed by atoms with Crippen LogP contribution in [0.3, 0.4) is 0 Å². The fraction of sp³-hybridized carbons (Fsp3) is 0.942. The molecule has 0 spiro atoms. The maximum Gasteiger partial charge on any atom is 0.305 e. The van der Waals surface area contributed by atoms with Gasteiger partial charge in [-0.1, -0.05) is 360 Å². The minimum absolute atomic E-state index is 0.0106. The number of ether oxygens (including phenoxy) is 1. The molecule has 0 aromatic carbocycles. The second kappa shape index (κ2) is 65.1. The standard InChI is InChI=1S/C69H135NO5/c1-3-5-7-9-11-13-15-17-19-21-23-24-25-27-29-33-37-41-45-49-53-57-61-67(72)66(65-71)70-68(73)62-58-54-50-46-42-38-34-30-28-32-36-40-44-48-52-56-60-64-75-69(74)63-59-55-51-47-43-39-35-31-26-22-20-18-16-14-12-10-8-6-4-2/h57,61,66-67,71-72H,3-56,58-60,62-65H2,1-2H3,(H,70,73)/b61-57+. The summed E-state index contributed by atoms with van der Waals surface area (Å²) in [5.74, 6) is -0.0579. The molecule has 75 heavy (non-hydrogen) atoms. The largest absolute Gasteiger partial charge is 0.466 e. The van der Waals surface area contributed by atoms with Crippen molar-refractivity contribution in [2.75, 3.05) is 13.2 Å². The molecule has 0 bridgehead atoms. The number of carbonyl (C=O) groups excluding carboxylic acids is 2. The highest BCUT2D eigenvalue weighted by atomic mass is 16.5. The van der Waals surface area contributed by atoms with Crippen molar-refractivity contribution in [3.05, 3.63) is 12.2 Å². The van der Waals surface area contributed by atoms with Crippen LogP contribution >= 0.6 is 0 Å². The van der Waals surface area contributed by atoms with E-state index in [0.717, 1.165) is 38.5 Å². The average molecular weight is 1060 g/mol. The number of hydrogen-bond donors (Lipinski definition) is 3. The highest BCUT2D eigenvalue weighted by molar-refractivity contribution is 5.76. The van der Waals surface area contributed by atoms with Gasteiger partial charge >= 0.3 is 5.97 Å². The number of esters is 1. The van der Waals surface area contributed by atoms with Crippen LogP contribution in [0.25, 0.3) is 0 Å². The lowest BCUT2D eigenvalue weighted by Gasteiger charge is -2.20. The highest BCUT2D eigenvalue weighted by Crippen LogP contribution is 2.19. The van der Waals surface area contributed by atoms with Crippen LogP contribution in [0.15, 0.2) is 12.2 Å². The SMILES string of the molecule is CCCCCCCCCCCCCCCCCCCCCC/C=C/C(O)C(CO)NC(=O)CCCCCCCCCCCCCCCCCCCOC(=O)CCCCCCCCCCCCCCCCCCCCC. The number of aliphatic hydroxyl groups excluding tert-OH is 2. The lowest BCUT2D eigenvalue weighted by molar-refractivity contribution is -0.143. The molecule has 0 saturated heterocycles. The zero-order valence-corrected chi connectivity index (χ0v) is 51.1. The van der Waals surface area contributed by atoms with Crippen molar-refractivity contribution in [1.29, 1.82) is 0 Å². The molecule has 0 aromatic rings. The average Bonchev–Trinajstić information content (AvgIpc) is 3.41. The van der Waals surface area contributed by atoms with Crippen molar-refractivity contribution in [3.63, 3.8) is 0 Å². The van der Waals surface area contributed by atoms with E-state index < -0.39 is 12.1 Å². The van der Waals surface area contributed by atoms with Crippen LogP contribution < -0.4 is 5.32 Å². The van der Waals surface area contributed by atoms with Gasteiger partial charge in [-0.2, -0.15) is 0 Å². The molecule has 2 unspecified atom stereocenters. The summed E-state index contributed by atoms with van der Waals surface area (Å²) in [6, 6.07) is -0.632. The van der Waals surface area contributed by atoms with Crippen molar-refractivity contribution < 1.29 is 24.5 Å². The summed E-state index contributed by atoms with van der Waals surface area (Å²) in [6.07, 6.45) is 79.9. The number of allylic oxidation sites excluding steroid dienone is 1. The molecule has 6 nitrogen and oxygen atoms in total. The van der Waals surface area contributed by atoms with Gasteiger partial charge in [-0.15, -0.1) is 0 Å². The zero-order chi connectivity index (χ0) is 54.3. The summed E-state index contributed by atoms with van der Waals surface area (Å²) < 4.78 is 5.51. The first-order valence-electron chi connectivity index (χ1n) is 34.5. The van der Waals surface area contributed by atoms with E-state index >= 15 is 0 Å². The zero-order valence-electron chi connectivity index (χ0n) is 51.1. The summed E-state index contributed by atoms with van der Waals surface area (Å²) in [5, 5.41) is 23.2. The Morgan fingerprint density at radius 3 is 0.907 bits per heavy atom. The van der Waals surface area contributed by atoms with Gasteiger partial charge in [-0.3, -0.25) is 9.59 Å². The second-order valence-corrected chi connectivity index (χ2v) is 23.9. The molecule has 0 rings (SSSR count). The summed E-state index contributed by atoms with van der Waals surface area (Å²) in [5.41, 5.74) is 0. The van der Waals surface area contributed by atoms with Crippen LogP contribution in [0.1, 0.15) is 393 Å². The topological polar surface area (TPSA) is 95.9 Å². The van der Waals surface area contributed by atoms with E-state index in [1.807, 2.05) is 6.08 Å². The third kappa shape index (κ3) is 61.7. The van der Waals surface area contributed by atoms with E-state index in [1.54, 1.807) is 6.08 Å². The molecular weight excluding hydrogens is 923 g/mol. The summed E-state index contributed by atoms with van der Waals surface area (Å²) in [6.45, 7) is 4.94. The number of amides is 1. The lowest BCUT2D eigenvalue weighted by Crippen LogP contribution is -2.45. The van der Waals surface area contributed by atoms with Crippen LogP contribution in [0, 0.1) is 0 Å². The second-order valence-electron chi connectivity index (χ2n) is 23.9. The first-order chi connectivity index (χ1) is 37.0.